The van der Waals surface area contributed by atoms with E-state index in [1.807, 2.05) is 24.4 Å². The lowest BCUT2D eigenvalue weighted by Crippen LogP contribution is -2.43. The molecule has 1 rings (SSSR count). The van der Waals surface area contributed by atoms with Gasteiger partial charge in [0.15, 0.2) is 0 Å². The summed E-state index contributed by atoms with van der Waals surface area (Å²) in [4.78, 5) is 14.8. The molecule has 0 saturated carbocycles. The van der Waals surface area contributed by atoms with Crippen LogP contribution in [0.5, 0.6) is 0 Å². The first-order valence-electron chi connectivity index (χ1n) is 5.19. The number of likely N-dealkylation sites (N-methyl/N-ethyl adjacent to an activating group) is 1. The van der Waals surface area contributed by atoms with Gasteiger partial charge in [-0.15, -0.1) is 23.7 Å². The Balaban J connectivity index is 2.61. The van der Waals surface area contributed by atoms with Crippen molar-refractivity contribution in [3.05, 3.63) is 22.4 Å². The van der Waals surface area contributed by atoms with Crippen molar-refractivity contribution in [3.8, 4) is 12.3 Å². The van der Waals surface area contributed by atoms with Gasteiger partial charge in [0.05, 0.1) is 12.6 Å². The summed E-state index contributed by atoms with van der Waals surface area (Å²) in [7, 11) is 0. The summed E-state index contributed by atoms with van der Waals surface area (Å²) in [6.07, 6.45) is 5.44. The first-order valence-corrected chi connectivity index (χ1v) is 6.07. The van der Waals surface area contributed by atoms with E-state index in [1.165, 1.54) is 0 Å². The Morgan fingerprint density at radius 2 is 2.50 bits per heavy atom. The maximum atomic E-state index is 11.9. The van der Waals surface area contributed by atoms with E-state index in [2.05, 4.69) is 5.92 Å². The Labute approximate surface area is 100 Å². The smallest absolute Gasteiger partial charge is 0.240 e. The van der Waals surface area contributed by atoms with Crippen LogP contribution in [-0.2, 0) is 11.3 Å². The van der Waals surface area contributed by atoms with Gasteiger partial charge in [0.2, 0.25) is 5.91 Å². The molecule has 1 amide bonds. The average molecular weight is 236 g/mol. The van der Waals surface area contributed by atoms with Crippen LogP contribution < -0.4 is 5.73 Å². The van der Waals surface area contributed by atoms with Crippen LogP contribution in [0, 0.1) is 12.3 Å². The van der Waals surface area contributed by atoms with Crippen molar-refractivity contribution < 1.29 is 4.79 Å². The van der Waals surface area contributed by atoms with Gasteiger partial charge in [0.25, 0.3) is 0 Å². The van der Waals surface area contributed by atoms with Crippen LogP contribution in [0.25, 0.3) is 0 Å². The van der Waals surface area contributed by atoms with E-state index in [0.717, 1.165) is 4.88 Å². The molecule has 0 aliphatic heterocycles. The minimum Gasteiger partial charge on any atom is -0.336 e. The normalized spacial score (nSPS) is 11.8. The van der Waals surface area contributed by atoms with Crippen molar-refractivity contribution in [2.24, 2.45) is 5.73 Å². The van der Waals surface area contributed by atoms with Crippen LogP contribution in [-0.4, -0.2) is 23.4 Å². The van der Waals surface area contributed by atoms with E-state index in [-0.39, 0.29) is 5.91 Å². The van der Waals surface area contributed by atoms with Gasteiger partial charge in [-0.1, -0.05) is 6.07 Å². The molecule has 4 heteroatoms. The molecule has 3 nitrogen and oxygen atoms in total. The zero-order valence-electron chi connectivity index (χ0n) is 9.35. The predicted octanol–water partition coefficient (Wildman–Crippen LogP) is 1.45. The molecule has 86 valence electrons. The number of carbonyl (C=O) groups is 1. The van der Waals surface area contributed by atoms with Gasteiger partial charge in [0, 0.05) is 17.8 Å². The fourth-order valence-corrected chi connectivity index (χ4v) is 2.10. The van der Waals surface area contributed by atoms with Gasteiger partial charge in [-0.05, 0) is 18.4 Å². The number of amides is 1. The molecule has 0 aromatic carbocycles. The molecule has 1 heterocycles. The summed E-state index contributed by atoms with van der Waals surface area (Å²) in [5, 5.41) is 2.00. The number of terminal acetylenes is 1. The zero-order chi connectivity index (χ0) is 12.0. The topological polar surface area (TPSA) is 46.3 Å². The Kier molecular flexibility index (Phi) is 5.03. The lowest BCUT2D eigenvalue weighted by Gasteiger charge is -2.22. The fourth-order valence-electron chi connectivity index (χ4n) is 1.39. The van der Waals surface area contributed by atoms with Gasteiger partial charge < -0.3 is 10.6 Å². The Morgan fingerprint density at radius 3 is 3.00 bits per heavy atom. The number of nitrogens with two attached hydrogens (primary N) is 1. The number of nitrogens with zero attached hydrogens (tertiary/aromatic N) is 1. The number of hydrogen-bond acceptors (Lipinski definition) is 3. The number of carbonyl (C=O) groups excluding carboxylic acids is 1. The molecule has 1 unspecified atom stereocenters. The first-order chi connectivity index (χ1) is 7.69. The molecular formula is C12H16N2OS. The molecule has 0 bridgehead atoms. The molecule has 1 aromatic heterocycles. The van der Waals surface area contributed by atoms with Crippen LogP contribution in [0.2, 0.25) is 0 Å². The van der Waals surface area contributed by atoms with Gasteiger partial charge in [0.1, 0.15) is 0 Å². The van der Waals surface area contributed by atoms with Crippen molar-refractivity contribution in [2.45, 2.75) is 25.9 Å². The van der Waals surface area contributed by atoms with E-state index in [0.29, 0.717) is 19.5 Å². The van der Waals surface area contributed by atoms with Crippen LogP contribution in [0.3, 0.4) is 0 Å². The van der Waals surface area contributed by atoms with Crippen LogP contribution in [0.4, 0.5) is 0 Å². The predicted molar refractivity (Wildman–Crippen MR) is 66.8 cm³/mol. The molecule has 0 spiro atoms. The van der Waals surface area contributed by atoms with E-state index in [1.54, 1.807) is 16.2 Å². The molecule has 0 aliphatic carbocycles. The summed E-state index contributed by atoms with van der Waals surface area (Å²) in [5.74, 6) is 2.34. The van der Waals surface area contributed by atoms with Crippen LogP contribution in [0.15, 0.2) is 17.5 Å². The third-order valence-corrected chi connectivity index (χ3v) is 3.14. The summed E-state index contributed by atoms with van der Waals surface area (Å²) >= 11 is 1.63. The van der Waals surface area contributed by atoms with Crippen molar-refractivity contribution in [2.75, 3.05) is 6.54 Å². The molecule has 16 heavy (non-hydrogen) atoms. The van der Waals surface area contributed by atoms with Crippen molar-refractivity contribution >= 4 is 17.2 Å². The second kappa shape index (κ2) is 6.31. The Morgan fingerprint density at radius 1 is 1.75 bits per heavy atom. The third kappa shape index (κ3) is 3.37. The molecule has 1 aromatic rings. The Hall–Kier alpha value is -1.31. The summed E-state index contributed by atoms with van der Waals surface area (Å²) in [6.45, 7) is 3.20. The lowest BCUT2D eigenvalue weighted by atomic mass is 10.2. The molecule has 0 aliphatic rings. The fraction of sp³-hybridized carbons (Fsp3) is 0.417. The number of thiophene rings is 1. The SMILES string of the molecule is C#CCC(N)C(=O)N(CC)Cc1cccs1. The zero-order valence-corrected chi connectivity index (χ0v) is 10.2. The highest BCUT2D eigenvalue weighted by Crippen LogP contribution is 2.12. The van der Waals surface area contributed by atoms with E-state index >= 15 is 0 Å². The van der Waals surface area contributed by atoms with Gasteiger partial charge in [-0.3, -0.25) is 4.79 Å². The second-order valence-corrected chi connectivity index (χ2v) is 4.48. The van der Waals surface area contributed by atoms with Crippen LogP contribution in [0.1, 0.15) is 18.2 Å². The number of rotatable bonds is 5. The van der Waals surface area contributed by atoms with E-state index in [9.17, 15) is 4.79 Å². The summed E-state index contributed by atoms with van der Waals surface area (Å²) in [6, 6.07) is 3.40. The maximum Gasteiger partial charge on any atom is 0.240 e. The highest BCUT2D eigenvalue weighted by atomic mass is 32.1. The highest BCUT2D eigenvalue weighted by Gasteiger charge is 2.19. The molecule has 1 atom stereocenters. The monoisotopic (exact) mass is 236 g/mol. The minimum absolute atomic E-state index is 0.0751. The highest BCUT2D eigenvalue weighted by molar-refractivity contribution is 7.09. The first kappa shape index (κ1) is 12.8. The standard InChI is InChI=1S/C12H16N2OS/c1-3-6-11(13)12(15)14(4-2)9-10-7-5-8-16-10/h1,5,7-8,11H,4,6,9,13H2,2H3. The van der Waals surface area contributed by atoms with Crippen molar-refractivity contribution in [3.63, 3.8) is 0 Å². The Bertz CT molecular complexity index is 367. The number of hydrogen-bond donors (Lipinski definition) is 1. The summed E-state index contributed by atoms with van der Waals surface area (Å²) < 4.78 is 0. The maximum absolute atomic E-state index is 11.9. The second-order valence-electron chi connectivity index (χ2n) is 3.45. The van der Waals surface area contributed by atoms with Gasteiger partial charge >= 0.3 is 0 Å². The molecule has 0 saturated heterocycles. The van der Waals surface area contributed by atoms with E-state index in [4.69, 9.17) is 12.2 Å². The molecular weight excluding hydrogens is 220 g/mol. The molecule has 2 N–H and O–H groups in total. The average Bonchev–Trinajstić information content (AvgIpc) is 2.78. The van der Waals surface area contributed by atoms with Crippen molar-refractivity contribution in [1.82, 2.24) is 4.90 Å². The van der Waals surface area contributed by atoms with E-state index < -0.39 is 6.04 Å². The minimum atomic E-state index is -0.579. The van der Waals surface area contributed by atoms with Gasteiger partial charge in [-0.25, -0.2) is 0 Å². The largest absolute Gasteiger partial charge is 0.336 e. The molecule has 0 fully saturated rings. The van der Waals surface area contributed by atoms with Gasteiger partial charge in [-0.2, -0.15) is 0 Å². The lowest BCUT2D eigenvalue weighted by molar-refractivity contribution is -0.132. The third-order valence-electron chi connectivity index (χ3n) is 2.28. The van der Waals surface area contributed by atoms with Crippen molar-refractivity contribution in [1.29, 1.82) is 0 Å². The summed E-state index contributed by atoms with van der Waals surface area (Å²) in [5.41, 5.74) is 5.70. The molecule has 0 radical (unpaired) electrons. The van der Waals surface area contributed by atoms with Crippen LogP contribution >= 0.6 is 11.3 Å². The quantitative estimate of drug-likeness (QED) is 0.786.